The van der Waals surface area contributed by atoms with Crippen molar-refractivity contribution in [2.24, 2.45) is 0 Å². The molecule has 16 heavy (non-hydrogen) atoms. The summed E-state index contributed by atoms with van der Waals surface area (Å²) in [4.78, 5) is 0. The van der Waals surface area contributed by atoms with Crippen molar-refractivity contribution in [1.29, 1.82) is 0 Å². The molecule has 0 aliphatic carbocycles. The van der Waals surface area contributed by atoms with Gasteiger partial charge in [0, 0.05) is 7.11 Å². The normalized spacial score (nSPS) is 15.0. The van der Waals surface area contributed by atoms with Crippen LogP contribution in [0.15, 0.2) is 0 Å². The van der Waals surface area contributed by atoms with E-state index in [1.807, 2.05) is 0 Å². The Morgan fingerprint density at radius 1 is 1.12 bits per heavy atom. The van der Waals surface area contributed by atoms with E-state index < -0.39 is 22.9 Å². The largest absolute Gasteiger partial charge is 0.377 e. The molecule has 0 saturated carbocycles. The van der Waals surface area contributed by atoms with Gasteiger partial charge in [-0.3, -0.25) is 8.75 Å². The molecule has 0 aliphatic rings. The summed E-state index contributed by atoms with van der Waals surface area (Å²) in [6.45, 7) is 3.21. The van der Waals surface area contributed by atoms with Crippen molar-refractivity contribution in [3.05, 3.63) is 0 Å². The molecule has 0 radical (unpaired) electrons. The van der Waals surface area contributed by atoms with E-state index in [1.165, 1.54) is 0 Å². The van der Waals surface area contributed by atoms with Crippen LogP contribution >= 0.6 is 7.60 Å². The van der Waals surface area contributed by atoms with Crippen LogP contribution in [0.25, 0.3) is 0 Å². The Hall–Kier alpha value is 0.0200. The smallest absolute Gasteiger partial charge is 0.353 e. The van der Waals surface area contributed by atoms with Crippen molar-refractivity contribution >= 4 is 17.7 Å². The zero-order valence-electron chi connectivity index (χ0n) is 9.70. The van der Waals surface area contributed by atoms with Crippen LogP contribution in [0.5, 0.6) is 0 Å². The third kappa shape index (κ3) is 3.80. The van der Waals surface area contributed by atoms with Crippen LogP contribution < -0.4 is 0 Å². The second kappa shape index (κ2) is 6.68. The van der Waals surface area contributed by atoms with Gasteiger partial charge in [0.2, 0.25) is 0 Å². The first-order valence-corrected chi connectivity index (χ1v) is 7.67. The van der Waals surface area contributed by atoms with E-state index in [0.717, 1.165) is 14.2 Å². The SMILES string of the molecule is CCOP(=O)(OCC)C(OC)S(=O)(=O)OC. The zero-order valence-corrected chi connectivity index (χ0v) is 11.4. The van der Waals surface area contributed by atoms with Gasteiger partial charge in [0.25, 0.3) is 5.18 Å². The lowest BCUT2D eigenvalue weighted by Gasteiger charge is -2.23. The van der Waals surface area contributed by atoms with E-state index in [9.17, 15) is 13.0 Å². The summed E-state index contributed by atoms with van der Waals surface area (Å²) in [5.41, 5.74) is 0. The summed E-state index contributed by atoms with van der Waals surface area (Å²) in [5, 5.41) is -1.77. The van der Waals surface area contributed by atoms with Crippen LogP contribution in [0, 0.1) is 0 Å². The van der Waals surface area contributed by atoms with Gasteiger partial charge >= 0.3 is 17.7 Å². The molecule has 0 heterocycles. The third-order valence-electron chi connectivity index (χ3n) is 1.56. The van der Waals surface area contributed by atoms with Crippen LogP contribution in [0.3, 0.4) is 0 Å². The van der Waals surface area contributed by atoms with E-state index in [2.05, 4.69) is 8.92 Å². The maximum absolute atomic E-state index is 12.1. The Balaban J connectivity index is 5.23. The van der Waals surface area contributed by atoms with Crippen LogP contribution in [0.2, 0.25) is 0 Å². The summed E-state index contributed by atoms with van der Waals surface area (Å²) < 4.78 is 53.6. The number of hydrogen-bond acceptors (Lipinski definition) is 7. The van der Waals surface area contributed by atoms with Crippen LogP contribution in [-0.2, 0) is 32.7 Å². The van der Waals surface area contributed by atoms with Crippen LogP contribution in [-0.4, -0.2) is 41.0 Å². The lowest BCUT2D eigenvalue weighted by atomic mass is 10.9. The predicted molar refractivity (Wildman–Crippen MR) is 57.6 cm³/mol. The van der Waals surface area contributed by atoms with Gasteiger partial charge in [0.15, 0.2) is 0 Å². The summed E-state index contributed by atoms with van der Waals surface area (Å²) >= 11 is 0. The van der Waals surface area contributed by atoms with Crippen LogP contribution in [0.4, 0.5) is 0 Å². The van der Waals surface area contributed by atoms with Crippen molar-refractivity contribution in [3.8, 4) is 0 Å². The molecule has 0 spiro atoms. The molecule has 0 aromatic rings. The summed E-state index contributed by atoms with van der Waals surface area (Å²) in [6.07, 6.45) is 0. The van der Waals surface area contributed by atoms with Crippen molar-refractivity contribution < 1.29 is 31.0 Å². The predicted octanol–water partition coefficient (Wildman–Crippen LogP) is 1.16. The molecule has 0 amide bonds. The van der Waals surface area contributed by atoms with Crippen LogP contribution in [0.1, 0.15) is 13.8 Å². The molecule has 0 fully saturated rings. The van der Waals surface area contributed by atoms with E-state index in [0.29, 0.717) is 0 Å². The molecule has 0 bridgehead atoms. The molecule has 7 nitrogen and oxygen atoms in total. The lowest BCUT2D eigenvalue weighted by Crippen LogP contribution is -2.26. The fourth-order valence-corrected chi connectivity index (χ4v) is 4.59. The quantitative estimate of drug-likeness (QED) is 0.485. The van der Waals surface area contributed by atoms with E-state index >= 15 is 0 Å². The van der Waals surface area contributed by atoms with Gasteiger partial charge in [0.1, 0.15) is 0 Å². The molecule has 0 saturated heterocycles. The molecular formula is C7H17O7PS. The Morgan fingerprint density at radius 2 is 1.56 bits per heavy atom. The van der Waals surface area contributed by atoms with Gasteiger partial charge in [0.05, 0.1) is 20.3 Å². The number of hydrogen-bond donors (Lipinski definition) is 0. The second-order valence-electron chi connectivity index (χ2n) is 2.58. The highest BCUT2D eigenvalue weighted by Crippen LogP contribution is 2.55. The number of rotatable bonds is 8. The molecule has 0 aliphatic heterocycles. The number of ether oxygens (including phenoxy) is 1. The summed E-state index contributed by atoms with van der Waals surface area (Å²) in [5.74, 6) is 0. The maximum Gasteiger partial charge on any atom is 0.377 e. The van der Waals surface area contributed by atoms with Crippen molar-refractivity contribution in [2.75, 3.05) is 27.4 Å². The molecule has 1 unspecified atom stereocenters. The number of methoxy groups -OCH3 is 1. The van der Waals surface area contributed by atoms with Crippen molar-refractivity contribution in [2.45, 2.75) is 19.0 Å². The molecule has 0 N–H and O–H groups in total. The Bertz CT molecular complexity index is 329. The standard InChI is InChI=1S/C7H17O7PS/c1-5-13-15(8,14-6-2)7(11-3)16(9,10)12-4/h7H,5-6H2,1-4H3. The molecule has 1 atom stereocenters. The van der Waals surface area contributed by atoms with Crippen molar-refractivity contribution in [1.82, 2.24) is 0 Å². The molecule has 0 rings (SSSR count). The first-order chi connectivity index (χ1) is 7.37. The first kappa shape index (κ1) is 16.0. The first-order valence-electron chi connectivity index (χ1n) is 4.59. The molecular weight excluding hydrogens is 259 g/mol. The molecule has 9 heteroatoms. The van der Waals surface area contributed by atoms with Gasteiger partial charge in [-0.1, -0.05) is 0 Å². The zero-order chi connectivity index (χ0) is 12.8. The Labute approximate surface area is 95.7 Å². The van der Waals surface area contributed by atoms with E-state index in [-0.39, 0.29) is 13.2 Å². The summed E-state index contributed by atoms with van der Waals surface area (Å²) in [6, 6.07) is 0. The monoisotopic (exact) mass is 276 g/mol. The fraction of sp³-hybridized carbons (Fsp3) is 1.00. The van der Waals surface area contributed by atoms with Gasteiger partial charge in [-0.25, -0.2) is 0 Å². The minimum absolute atomic E-state index is 0.0381. The highest BCUT2D eigenvalue weighted by Gasteiger charge is 2.46. The average Bonchev–Trinajstić information content (AvgIpc) is 2.18. The minimum atomic E-state index is -4.15. The average molecular weight is 276 g/mol. The maximum atomic E-state index is 12.1. The highest BCUT2D eigenvalue weighted by atomic mass is 32.2. The highest BCUT2D eigenvalue weighted by molar-refractivity contribution is 7.94. The third-order valence-corrected chi connectivity index (χ3v) is 6.22. The molecule has 98 valence electrons. The molecule has 0 aromatic carbocycles. The summed E-state index contributed by atoms with van der Waals surface area (Å²) in [7, 11) is -6.01. The minimum Gasteiger partial charge on any atom is -0.353 e. The van der Waals surface area contributed by atoms with E-state index in [4.69, 9.17) is 9.05 Å². The van der Waals surface area contributed by atoms with Gasteiger partial charge < -0.3 is 13.8 Å². The molecule has 0 aromatic heterocycles. The second-order valence-corrected chi connectivity index (χ2v) is 6.74. The van der Waals surface area contributed by atoms with Gasteiger partial charge in [-0.05, 0) is 13.8 Å². The van der Waals surface area contributed by atoms with Gasteiger partial charge in [-0.15, -0.1) is 0 Å². The Kier molecular flexibility index (Phi) is 6.69. The van der Waals surface area contributed by atoms with Gasteiger partial charge in [-0.2, -0.15) is 8.42 Å². The van der Waals surface area contributed by atoms with E-state index in [1.54, 1.807) is 13.8 Å². The lowest BCUT2D eigenvalue weighted by molar-refractivity contribution is 0.140. The Morgan fingerprint density at radius 3 is 1.81 bits per heavy atom. The topological polar surface area (TPSA) is 88.1 Å². The van der Waals surface area contributed by atoms with Crippen molar-refractivity contribution in [3.63, 3.8) is 0 Å². The fourth-order valence-electron chi connectivity index (χ4n) is 1.01.